The molecule has 1 amide bonds. The third kappa shape index (κ3) is 3.08. The van der Waals surface area contributed by atoms with Crippen molar-refractivity contribution in [2.45, 2.75) is 20.0 Å². The molecule has 7 nitrogen and oxygen atoms in total. The first-order valence-corrected chi connectivity index (χ1v) is 7.20. The number of carbonyl (C=O) groups excluding carboxylic acids is 1. The lowest BCUT2D eigenvalue weighted by Gasteiger charge is -2.05. The van der Waals surface area contributed by atoms with Crippen LogP contribution in [0.2, 0.25) is 0 Å². The Kier molecular flexibility index (Phi) is 3.84. The van der Waals surface area contributed by atoms with E-state index in [9.17, 15) is 9.59 Å². The lowest BCUT2D eigenvalue weighted by molar-refractivity contribution is -0.122. The van der Waals surface area contributed by atoms with Gasteiger partial charge in [-0.05, 0) is 24.6 Å². The molecule has 0 atom stereocenters. The van der Waals surface area contributed by atoms with E-state index in [2.05, 4.69) is 10.4 Å². The van der Waals surface area contributed by atoms with Crippen molar-refractivity contribution in [3.05, 3.63) is 64.2 Å². The fourth-order valence-corrected chi connectivity index (χ4v) is 2.26. The summed E-state index contributed by atoms with van der Waals surface area (Å²) < 4.78 is 2.43. The van der Waals surface area contributed by atoms with Gasteiger partial charge in [-0.3, -0.25) is 4.79 Å². The summed E-state index contributed by atoms with van der Waals surface area (Å²) in [6.07, 6.45) is 1.57. The molecule has 0 saturated heterocycles. The maximum Gasteiger partial charge on any atom is 0.350 e. The first-order valence-electron chi connectivity index (χ1n) is 7.20. The van der Waals surface area contributed by atoms with Crippen molar-refractivity contribution in [3.8, 4) is 0 Å². The molecule has 0 spiro atoms. The molecule has 0 unspecified atom stereocenters. The molecule has 0 aliphatic rings. The summed E-state index contributed by atoms with van der Waals surface area (Å²) in [5, 5.41) is 6.87. The van der Waals surface area contributed by atoms with Gasteiger partial charge in [-0.15, -0.1) is 5.10 Å². The van der Waals surface area contributed by atoms with Gasteiger partial charge in [0.1, 0.15) is 6.54 Å². The number of hydrogen-bond donors (Lipinski definition) is 2. The first kappa shape index (κ1) is 14.8. The molecule has 0 saturated carbocycles. The highest BCUT2D eigenvalue weighted by molar-refractivity contribution is 5.75. The van der Waals surface area contributed by atoms with E-state index >= 15 is 0 Å². The van der Waals surface area contributed by atoms with Gasteiger partial charge in [-0.25, -0.2) is 13.9 Å². The molecule has 0 aliphatic carbocycles. The average molecular weight is 311 g/mol. The zero-order valence-electron chi connectivity index (χ0n) is 12.7. The monoisotopic (exact) mass is 311 g/mol. The molecule has 3 N–H and O–H groups in total. The smallest absolute Gasteiger partial charge is 0.350 e. The average Bonchev–Trinajstić information content (AvgIpc) is 2.85. The Bertz CT molecular complexity index is 908. The topological polar surface area (TPSA) is 94.4 Å². The minimum Gasteiger partial charge on any atom is -0.396 e. The van der Waals surface area contributed by atoms with Gasteiger partial charge in [0.2, 0.25) is 5.91 Å². The van der Waals surface area contributed by atoms with Crippen LogP contribution in [-0.2, 0) is 17.9 Å². The Hall–Kier alpha value is -3.09. The summed E-state index contributed by atoms with van der Waals surface area (Å²) in [5.41, 5.74) is 8.29. The van der Waals surface area contributed by atoms with E-state index in [-0.39, 0.29) is 12.5 Å². The van der Waals surface area contributed by atoms with Crippen LogP contribution in [0.15, 0.2) is 47.4 Å². The minimum absolute atomic E-state index is 0.147. The molecule has 0 fully saturated rings. The van der Waals surface area contributed by atoms with E-state index in [0.29, 0.717) is 17.9 Å². The molecular formula is C16H17N5O2. The van der Waals surface area contributed by atoms with E-state index in [0.717, 1.165) is 15.8 Å². The predicted molar refractivity (Wildman–Crippen MR) is 86.9 cm³/mol. The number of anilines is 1. The second kappa shape index (κ2) is 5.96. The highest BCUT2D eigenvalue weighted by Gasteiger charge is 2.11. The number of benzene rings is 1. The van der Waals surface area contributed by atoms with Crippen LogP contribution in [0.1, 0.15) is 11.1 Å². The van der Waals surface area contributed by atoms with Crippen LogP contribution in [0.3, 0.4) is 0 Å². The zero-order valence-corrected chi connectivity index (χ0v) is 12.7. The van der Waals surface area contributed by atoms with Crippen molar-refractivity contribution in [1.29, 1.82) is 0 Å². The number of nitrogen functional groups attached to an aromatic ring is 1. The Balaban J connectivity index is 1.70. The van der Waals surface area contributed by atoms with Gasteiger partial charge in [-0.2, -0.15) is 0 Å². The normalized spacial score (nSPS) is 10.8. The van der Waals surface area contributed by atoms with E-state index in [4.69, 9.17) is 5.73 Å². The minimum atomic E-state index is -0.391. The SMILES string of the molecule is Cc1ccc(CNC(=O)Cn2nc3c(N)cccn3c2=O)cc1. The van der Waals surface area contributed by atoms with E-state index in [1.54, 1.807) is 18.3 Å². The fraction of sp³-hybridized carbons (Fsp3) is 0.188. The quantitative estimate of drug-likeness (QED) is 0.741. The lowest BCUT2D eigenvalue weighted by atomic mass is 10.1. The summed E-state index contributed by atoms with van der Waals surface area (Å²) in [6, 6.07) is 11.2. The van der Waals surface area contributed by atoms with Crippen LogP contribution in [-0.4, -0.2) is 20.1 Å². The van der Waals surface area contributed by atoms with Gasteiger partial charge < -0.3 is 11.1 Å². The Morgan fingerprint density at radius 2 is 2.00 bits per heavy atom. The van der Waals surface area contributed by atoms with Crippen molar-refractivity contribution in [2.75, 3.05) is 5.73 Å². The van der Waals surface area contributed by atoms with Gasteiger partial charge in [0.15, 0.2) is 5.65 Å². The molecule has 7 heteroatoms. The Morgan fingerprint density at radius 1 is 1.26 bits per heavy atom. The predicted octanol–water partition coefficient (Wildman–Crippen LogP) is 0.703. The number of carbonyl (C=O) groups is 1. The number of nitrogens with zero attached hydrogens (tertiary/aromatic N) is 3. The standard InChI is InChI=1S/C16H17N5O2/c1-11-4-6-12(7-5-11)9-18-14(22)10-21-16(23)20-8-2-3-13(17)15(20)19-21/h2-8H,9-10,17H2,1H3,(H,18,22). The van der Waals surface area contributed by atoms with Crippen molar-refractivity contribution >= 4 is 17.2 Å². The molecule has 2 aromatic heterocycles. The Labute approximate surface area is 132 Å². The number of amides is 1. The van der Waals surface area contributed by atoms with Gasteiger partial charge in [0, 0.05) is 12.7 Å². The van der Waals surface area contributed by atoms with Crippen LogP contribution in [0.4, 0.5) is 5.69 Å². The molecule has 0 bridgehead atoms. The summed E-state index contributed by atoms with van der Waals surface area (Å²) in [4.78, 5) is 24.2. The highest BCUT2D eigenvalue weighted by Crippen LogP contribution is 2.07. The van der Waals surface area contributed by atoms with Crippen molar-refractivity contribution in [2.24, 2.45) is 0 Å². The number of hydrogen-bond acceptors (Lipinski definition) is 4. The number of nitrogens with one attached hydrogen (secondary N) is 1. The Morgan fingerprint density at radius 3 is 2.70 bits per heavy atom. The van der Waals surface area contributed by atoms with E-state index < -0.39 is 5.69 Å². The van der Waals surface area contributed by atoms with Crippen LogP contribution in [0.25, 0.3) is 5.65 Å². The summed E-state index contributed by atoms with van der Waals surface area (Å²) in [5.74, 6) is -0.283. The molecule has 2 heterocycles. The maximum absolute atomic E-state index is 12.2. The highest BCUT2D eigenvalue weighted by atomic mass is 16.2. The molecule has 118 valence electrons. The number of rotatable bonds is 4. The maximum atomic E-state index is 12.2. The molecule has 0 radical (unpaired) electrons. The summed E-state index contributed by atoms with van der Waals surface area (Å²) >= 11 is 0. The van der Waals surface area contributed by atoms with E-state index in [1.807, 2.05) is 31.2 Å². The van der Waals surface area contributed by atoms with Crippen LogP contribution in [0.5, 0.6) is 0 Å². The molecular weight excluding hydrogens is 294 g/mol. The second-order valence-corrected chi connectivity index (χ2v) is 5.36. The lowest BCUT2D eigenvalue weighted by Crippen LogP contribution is -2.32. The van der Waals surface area contributed by atoms with Crippen molar-refractivity contribution in [1.82, 2.24) is 19.5 Å². The van der Waals surface area contributed by atoms with Crippen LogP contribution < -0.4 is 16.7 Å². The van der Waals surface area contributed by atoms with Gasteiger partial charge in [-0.1, -0.05) is 29.8 Å². The number of nitrogens with two attached hydrogens (primary N) is 1. The molecule has 3 aromatic rings. The van der Waals surface area contributed by atoms with Gasteiger partial charge in [0.25, 0.3) is 0 Å². The van der Waals surface area contributed by atoms with Crippen LogP contribution >= 0.6 is 0 Å². The van der Waals surface area contributed by atoms with Crippen molar-refractivity contribution < 1.29 is 4.79 Å². The molecule has 23 heavy (non-hydrogen) atoms. The first-order chi connectivity index (χ1) is 11.0. The van der Waals surface area contributed by atoms with Gasteiger partial charge >= 0.3 is 5.69 Å². The second-order valence-electron chi connectivity index (χ2n) is 5.36. The van der Waals surface area contributed by atoms with Crippen LogP contribution in [0, 0.1) is 6.92 Å². The fourth-order valence-electron chi connectivity index (χ4n) is 2.26. The van der Waals surface area contributed by atoms with Crippen molar-refractivity contribution in [3.63, 3.8) is 0 Å². The summed E-state index contributed by atoms with van der Waals surface area (Å²) in [7, 11) is 0. The largest absolute Gasteiger partial charge is 0.396 e. The zero-order chi connectivity index (χ0) is 16.4. The van der Waals surface area contributed by atoms with Gasteiger partial charge in [0.05, 0.1) is 5.69 Å². The third-order valence-electron chi connectivity index (χ3n) is 3.54. The molecule has 1 aromatic carbocycles. The third-order valence-corrected chi connectivity index (χ3v) is 3.54. The number of aryl methyl sites for hydroxylation is 1. The molecule has 3 rings (SSSR count). The molecule has 0 aliphatic heterocycles. The number of aromatic nitrogens is 3. The summed E-state index contributed by atoms with van der Waals surface area (Å²) in [6.45, 7) is 2.26. The van der Waals surface area contributed by atoms with E-state index in [1.165, 1.54) is 4.40 Å². The number of fused-ring (bicyclic) bond motifs is 1. The number of pyridine rings is 1.